The van der Waals surface area contributed by atoms with Crippen molar-refractivity contribution >= 4 is 11.9 Å². The van der Waals surface area contributed by atoms with Gasteiger partial charge in [-0.05, 0) is 51.4 Å². The lowest BCUT2D eigenvalue weighted by Crippen LogP contribution is -2.45. The van der Waals surface area contributed by atoms with Crippen molar-refractivity contribution in [3.8, 4) is 0 Å². The Morgan fingerprint density at radius 1 is 0.359 bits per heavy atom. The van der Waals surface area contributed by atoms with Gasteiger partial charge in [0.05, 0.1) is 25.4 Å². The smallest absolute Gasteiger partial charge is 0.305 e. The number of carbonyl (C=O) groups excluding carboxylic acids is 2. The fraction of sp³-hybridized carbons (Fsp3) is 0.917. The summed E-state index contributed by atoms with van der Waals surface area (Å²) < 4.78 is 5.48. The second-order valence-corrected chi connectivity index (χ2v) is 24.6. The van der Waals surface area contributed by atoms with E-state index in [4.69, 9.17) is 4.74 Å². The number of aliphatic hydroxyl groups excluding tert-OH is 2. The number of esters is 1. The minimum atomic E-state index is -0.661. The van der Waals surface area contributed by atoms with Gasteiger partial charge in [0, 0.05) is 12.8 Å². The lowest BCUT2D eigenvalue weighted by Gasteiger charge is -2.22. The van der Waals surface area contributed by atoms with Crippen molar-refractivity contribution < 1.29 is 24.5 Å². The van der Waals surface area contributed by atoms with E-state index in [1.165, 1.54) is 315 Å². The van der Waals surface area contributed by atoms with Gasteiger partial charge in [0.2, 0.25) is 5.91 Å². The molecule has 3 N–H and O–H groups in total. The molecule has 0 fully saturated rings. The third kappa shape index (κ3) is 63.5. The number of nitrogens with one attached hydrogen (secondary N) is 1. The molecular weight excluding hydrogens is 959 g/mol. The molecule has 0 aliphatic heterocycles. The standard InChI is InChI=1S/C72H139NO5/c1-3-5-7-9-11-13-15-17-18-34-37-41-44-48-52-56-60-64-70(75)69(68-74)73-71(76)65-61-57-53-49-45-42-38-35-32-30-28-26-24-22-20-19-21-23-25-27-29-31-33-36-39-43-47-51-55-59-63-67-78-72(77)66-62-58-54-50-46-40-16-14-12-10-8-6-4-2/h8,10,14,16,69-70,74-75H,3-7,9,11-13,15,17-68H2,1-2H3,(H,73,76)/b10-8-,16-14-. The van der Waals surface area contributed by atoms with Gasteiger partial charge in [0.25, 0.3) is 0 Å². The summed E-state index contributed by atoms with van der Waals surface area (Å²) >= 11 is 0. The van der Waals surface area contributed by atoms with Crippen molar-refractivity contribution in [1.82, 2.24) is 5.32 Å². The second-order valence-electron chi connectivity index (χ2n) is 24.6. The van der Waals surface area contributed by atoms with Crippen molar-refractivity contribution in [3.05, 3.63) is 24.3 Å². The minimum Gasteiger partial charge on any atom is -0.466 e. The Balaban J connectivity index is 3.33. The van der Waals surface area contributed by atoms with Crippen LogP contribution in [0.15, 0.2) is 24.3 Å². The van der Waals surface area contributed by atoms with E-state index in [-0.39, 0.29) is 18.5 Å². The zero-order chi connectivity index (χ0) is 56.4. The molecule has 0 aromatic rings. The molecule has 462 valence electrons. The van der Waals surface area contributed by atoms with Gasteiger partial charge in [-0.1, -0.05) is 359 Å². The molecule has 0 aromatic heterocycles. The summed E-state index contributed by atoms with van der Waals surface area (Å²) in [5.41, 5.74) is 0. The van der Waals surface area contributed by atoms with E-state index < -0.39 is 12.1 Å². The first-order chi connectivity index (χ1) is 38.5. The summed E-state index contributed by atoms with van der Waals surface area (Å²) in [6.07, 6.45) is 85.2. The quantitative estimate of drug-likeness (QED) is 0.0320. The molecule has 0 saturated heterocycles. The molecule has 0 aliphatic rings. The molecule has 0 aliphatic carbocycles. The van der Waals surface area contributed by atoms with Gasteiger partial charge < -0.3 is 20.3 Å². The maximum absolute atomic E-state index is 12.5. The van der Waals surface area contributed by atoms with Crippen LogP contribution < -0.4 is 5.32 Å². The zero-order valence-corrected chi connectivity index (χ0v) is 52.9. The van der Waals surface area contributed by atoms with Crippen molar-refractivity contribution in [3.63, 3.8) is 0 Å². The van der Waals surface area contributed by atoms with E-state index in [9.17, 15) is 19.8 Å². The molecule has 0 aromatic carbocycles. The first kappa shape index (κ1) is 76.3. The van der Waals surface area contributed by atoms with Crippen LogP contribution in [-0.2, 0) is 14.3 Å². The van der Waals surface area contributed by atoms with Crippen LogP contribution in [0.5, 0.6) is 0 Å². The summed E-state index contributed by atoms with van der Waals surface area (Å²) in [6.45, 7) is 4.92. The molecule has 0 radical (unpaired) electrons. The van der Waals surface area contributed by atoms with E-state index in [1.807, 2.05) is 0 Å². The molecular formula is C72H139NO5. The van der Waals surface area contributed by atoms with Gasteiger partial charge in [-0.3, -0.25) is 9.59 Å². The molecule has 1 amide bonds. The zero-order valence-electron chi connectivity index (χ0n) is 52.9. The van der Waals surface area contributed by atoms with Crippen molar-refractivity contribution in [2.75, 3.05) is 13.2 Å². The molecule has 6 heteroatoms. The number of rotatable bonds is 67. The second kappa shape index (κ2) is 67.8. The first-order valence-corrected chi connectivity index (χ1v) is 35.6. The molecule has 2 unspecified atom stereocenters. The third-order valence-electron chi connectivity index (χ3n) is 16.7. The van der Waals surface area contributed by atoms with Gasteiger partial charge >= 0.3 is 5.97 Å². The van der Waals surface area contributed by atoms with Crippen LogP contribution >= 0.6 is 0 Å². The van der Waals surface area contributed by atoms with Gasteiger partial charge in [0.15, 0.2) is 0 Å². The van der Waals surface area contributed by atoms with Crippen molar-refractivity contribution in [2.45, 2.75) is 411 Å². The Kier molecular flexibility index (Phi) is 66.4. The van der Waals surface area contributed by atoms with Gasteiger partial charge in [-0.25, -0.2) is 0 Å². The Hall–Kier alpha value is -1.66. The first-order valence-electron chi connectivity index (χ1n) is 35.6. The highest BCUT2D eigenvalue weighted by molar-refractivity contribution is 5.76. The van der Waals surface area contributed by atoms with Crippen molar-refractivity contribution in [1.29, 1.82) is 0 Å². The predicted octanol–water partition coefficient (Wildman–Crippen LogP) is 22.9. The summed E-state index contributed by atoms with van der Waals surface area (Å²) in [6, 6.07) is -0.538. The topological polar surface area (TPSA) is 95.9 Å². The number of hydrogen-bond acceptors (Lipinski definition) is 5. The summed E-state index contributed by atoms with van der Waals surface area (Å²) in [5, 5.41) is 23.4. The molecule has 6 nitrogen and oxygen atoms in total. The van der Waals surface area contributed by atoms with Gasteiger partial charge in [0.1, 0.15) is 0 Å². The molecule has 0 heterocycles. The lowest BCUT2D eigenvalue weighted by molar-refractivity contribution is -0.143. The fourth-order valence-electron chi connectivity index (χ4n) is 11.3. The van der Waals surface area contributed by atoms with Crippen molar-refractivity contribution in [2.24, 2.45) is 0 Å². The summed E-state index contributed by atoms with van der Waals surface area (Å²) in [5.74, 6) is -0.0213. The molecule has 0 bridgehead atoms. The van der Waals surface area contributed by atoms with Crippen LogP contribution in [0.1, 0.15) is 399 Å². The molecule has 0 rings (SSSR count). The number of carbonyl (C=O) groups is 2. The van der Waals surface area contributed by atoms with Crippen LogP contribution in [0.25, 0.3) is 0 Å². The molecule has 78 heavy (non-hydrogen) atoms. The molecule has 0 saturated carbocycles. The third-order valence-corrected chi connectivity index (χ3v) is 16.7. The van der Waals surface area contributed by atoms with Crippen LogP contribution in [0.2, 0.25) is 0 Å². The highest BCUT2D eigenvalue weighted by Crippen LogP contribution is 2.19. The number of aliphatic hydroxyl groups is 2. The highest BCUT2D eigenvalue weighted by atomic mass is 16.5. The van der Waals surface area contributed by atoms with Crippen LogP contribution in [0.4, 0.5) is 0 Å². The van der Waals surface area contributed by atoms with E-state index in [0.717, 1.165) is 51.4 Å². The van der Waals surface area contributed by atoms with E-state index in [1.54, 1.807) is 0 Å². The molecule has 0 spiro atoms. The maximum atomic E-state index is 12.5. The summed E-state index contributed by atoms with van der Waals surface area (Å²) in [7, 11) is 0. The average molecular weight is 1100 g/mol. The van der Waals surface area contributed by atoms with Gasteiger partial charge in [-0.2, -0.15) is 0 Å². The van der Waals surface area contributed by atoms with E-state index >= 15 is 0 Å². The number of ether oxygens (including phenoxy) is 1. The van der Waals surface area contributed by atoms with Crippen LogP contribution in [-0.4, -0.2) is 47.4 Å². The summed E-state index contributed by atoms with van der Waals surface area (Å²) in [4.78, 5) is 24.6. The molecule has 2 atom stereocenters. The Morgan fingerprint density at radius 2 is 0.667 bits per heavy atom. The van der Waals surface area contributed by atoms with Gasteiger partial charge in [-0.15, -0.1) is 0 Å². The number of unbranched alkanes of at least 4 members (excludes halogenated alkanes) is 52. The minimum absolute atomic E-state index is 0.00582. The van der Waals surface area contributed by atoms with E-state index in [2.05, 4.69) is 43.5 Å². The monoisotopic (exact) mass is 1100 g/mol. The van der Waals surface area contributed by atoms with E-state index in [0.29, 0.717) is 25.9 Å². The Morgan fingerprint density at radius 3 is 1.03 bits per heavy atom. The maximum Gasteiger partial charge on any atom is 0.305 e. The van der Waals surface area contributed by atoms with Crippen LogP contribution in [0.3, 0.4) is 0 Å². The fourth-order valence-corrected chi connectivity index (χ4v) is 11.3. The highest BCUT2D eigenvalue weighted by Gasteiger charge is 2.20. The predicted molar refractivity (Wildman–Crippen MR) is 343 cm³/mol. The Bertz CT molecular complexity index is 1220. The normalized spacial score (nSPS) is 12.6. The number of hydrogen-bond donors (Lipinski definition) is 3. The largest absolute Gasteiger partial charge is 0.466 e. The lowest BCUT2D eigenvalue weighted by atomic mass is 10.0. The van der Waals surface area contributed by atoms with Crippen LogP contribution in [0, 0.1) is 0 Å². The number of amides is 1. The Labute approximate surface area is 488 Å². The average Bonchev–Trinajstić information content (AvgIpc) is 3.44. The number of allylic oxidation sites excluding steroid dienone is 4. The SMILES string of the molecule is CCC/C=C\C/C=C\CCCCCCCC(=O)OCCCCCCCCCCCCCCCCCCCCCCCCCCCCCCCCCC(=O)NC(CO)C(O)CCCCCCCCCCCCCCCCCCC.